The molecule has 4 heteroatoms. The number of hydrogen-bond donors (Lipinski definition) is 2. The molecular formula is C19H22N2O2. The van der Waals surface area contributed by atoms with Gasteiger partial charge in [0, 0.05) is 11.6 Å². The largest absolute Gasteiger partial charge is 0.393 e. The average Bonchev–Trinajstić information content (AvgIpc) is 2.57. The Morgan fingerprint density at radius 2 is 1.78 bits per heavy atom. The van der Waals surface area contributed by atoms with Gasteiger partial charge in [-0.2, -0.15) is 0 Å². The van der Waals surface area contributed by atoms with Crippen molar-refractivity contribution in [2.75, 3.05) is 0 Å². The first-order chi connectivity index (χ1) is 11.1. The van der Waals surface area contributed by atoms with Crippen LogP contribution in [-0.2, 0) is 0 Å². The molecule has 0 aliphatic heterocycles. The first-order valence-electron chi connectivity index (χ1n) is 8.15. The lowest BCUT2D eigenvalue weighted by Gasteiger charge is -2.26. The second kappa shape index (κ2) is 6.92. The number of benzene rings is 1. The Bertz CT molecular complexity index is 677. The number of aromatic nitrogens is 1. The van der Waals surface area contributed by atoms with Gasteiger partial charge in [-0.3, -0.25) is 9.78 Å². The minimum absolute atomic E-state index is 0.0731. The number of aryl methyl sites for hydroxylation is 1. The summed E-state index contributed by atoms with van der Waals surface area (Å²) in [6.45, 7) is 1.87. The van der Waals surface area contributed by atoms with Gasteiger partial charge in [0.1, 0.15) is 0 Å². The predicted octanol–water partition coefficient (Wildman–Crippen LogP) is 3.09. The lowest BCUT2D eigenvalue weighted by molar-refractivity contribution is 0.0866. The van der Waals surface area contributed by atoms with Crippen molar-refractivity contribution in [2.24, 2.45) is 0 Å². The Morgan fingerprint density at radius 3 is 2.43 bits per heavy atom. The van der Waals surface area contributed by atoms with E-state index < -0.39 is 0 Å². The van der Waals surface area contributed by atoms with Gasteiger partial charge in [-0.05, 0) is 44.7 Å². The van der Waals surface area contributed by atoms with Crippen LogP contribution in [0.15, 0.2) is 42.5 Å². The Labute approximate surface area is 136 Å². The summed E-state index contributed by atoms with van der Waals surface area (Å²) in [5.74, 6) is -0.0731. The van der Waals surface area contributed by atoms with Crippen molar-refractivity contribution < 1.29 is 9.90 Å². The number of nitrogens with zero attached hydrogens (tertiary/aromatic N) is 1. The van der Waals surface area contributed by atoms with Crippen LogP contribution in [0.3, 0.4) is 0 Å². The van der Waals surface area contributed by atoms with Crippen molar-refractivity contribution in [2.45, 2.75) is 44.8 Å². The van der Waals surface area contributed by atoms with E-state index in [1.807, 2.05) is 49.4 Å². The second-order valence-corrected chi connectivity index (χ2v) is 6.17. The van der Waals surface area contributed by atoms with Crippen LogP contribution in [0, 0.1) is 6.92 Å². The van der Waals surface area contributed by atoms with E-state index in [0.29, 0.717) is 5.56 Å². The van der Waals surface area contributed by atoms with E-state index in [4.69, 9.17) is 0 Å². The van der Waals surface area contributed by atoms with Gasteiger partial charge in [0.05, 0.1) is 23.1 Å². The molecule has 0 radical (unpaired) electrons. The summed E-state index contributed by atoms with van der Waals surface area (Å²) in [7, 11) is 0. The zero-order valence-electron chi connectivity index (χ0n) is 13.3. The van der Waals surface area contributed by atoms with Gasteiger partial charge in [0.25, 0.3) is 5.91 Å². The molecule has 120 valence electrons. The van der Waals surface area contributed by atoms with E-state index in [-0.39, 0.29) is 18.1 Å². The SMILES string of the molecule is Cc1nc(-c2ccccc2)ccc1C(=O)NC1CCC(O)CC1. The van der Waals surface area contributed by atoms with E-state index in [2.05, 4.69) is 10.3 Å². The molecule has 1 heterocycles. The summed E-state index contributed by atoms with van der Waals surface area (Å²) < 4.78 is 0. The minimum atomic E-state index is -0.211. The van der Waals surface area contributed by atoms with Crippen molar-refractivity contribution in [3.63, 3.8) is 0 Å². The minimum Gasteiger partial charge on any atom is -0.393 e. The second-order valence-electron chi connectivity index (χ2n) is 6.17. The molecule has 1 fully saturated rings. The molecule has 2 N–H and O–H groups in total. The summed E-state index contributed by atoms with van der Waals surface area (Å²) in [5, 5.41) is 12.6. The first-order valence-corrected chi connectivity index (χ1v) is 8.15. The van der Waals surface area contributed by atoms with Gasteiger partial charge >= 0.3 is 0 Å². The fourth-order valence-electron chi connectivity index (χ4n) is 3.05. The third-order valence-electron chi connectivity index (χ3n) is 4.43. The van der Waals surface area contributed by atoms with Gasteiger partial charge in [-0.25, -0.2) is 0 Å². The number of carbonyl (C=O) groups is 1. The molecule has 1 aliphatic carbocycles. The number of aliphatic hydroxyl groups excluding tert-OH is 1. The molecule has 2 aromatic rings. The van der Waals surface area contributed by atoms with Crippen LogP contribution in [0.2, 0.25) is 0 Å². The van der Waals surface area contributed by atoms with Crippen molar-refractivity contribution in [1.29, 1.82) is 0 Å². The average molecular weight is 310 g/mol. The molecule has 0 saturated heterocycles. The van der Waals surface area contributed by atoms with Gasteiger partial charge in [0.15, 0.2) is 0 Å². The standard InChI is InChI=1S/C19H22N2O2/c1-13-17(19(23)21-15-7-9-16(22)10-8-15)11-12-18(20-13)14-5-3-2-4-6-14/h2-6,11-12,15-16,22H,7-10H2,1H3,(H,21,23). The molecule has 1 aliphatic rings. The van der Waals surface area contributed by atoms with Crippen molar-refractivity contribution in [3.8, 4) is 11.3 Å². The Balaban J connectivity index is 1.72. The smallest absolute Gasteiger partial charge is 0.253 e. The topological polar surface area (TPSA) is 62.2 Å². The maximum absolute atomic E-state index is 12.4. The molecule has 23 heavy (non-hydrogen) atoms. The lowest BCUT2D eigenvalue weighted by atomic mass is 9.93. The number of amides is 1. The normalized spacial score (nSPS) is 21.0. The van der Waals surface area contributed by atoms with E-state index in [1.54, 1.807) is 0 Å². The van der Waals surface area contributed by atoms with Crippen LogP contribution < -0.4 is 5.32 Å². The number of pyridine rings is 1. The van der Waals surface area contributed by atoms with Gasteiger partial charge in [0.2, 0.25) is 0 Å². The molecule has 0 spiro atoms. The van der Waals surface area contributed by atoms with E-state index in [9.17, 15) is 9.90 Å². The molecule has 3 rings (SSSR count). The van der Waals surface area contributed by atoms with Crippen LogP contribution >= 0.6 is 0 Å². The summed E-state index contributed by atoms with van der Waals surface area (Å²) in [6, 6.07) is 13.8. The van der Waals surface area contributed by atoms with Crippen molar-refractivity contribution in [1.82, 2.24) is 10.3 Å². The monoisotopic (exact) mass is 310 g/mol. The van der Waals surface area contributed by atoms with Crippen LogP contribution in [0.25, 0.3) is 11.3 Å². The quantitative estimate of drug-likeness (QED) is 0.916. The van der Waals surface area contributed by atoms with Crippen LogP contribution in [-0.4, -0.2) is 28.1 Å². The molecule has 1 aromatic carbocycles. The first kappa shape index (κ1) is 15.7. The van der Waals surface area contributed by atoms with Gasteiger partial charge in [-0.1, -0.05) is 30.3 Å². The van der Waals surface area contributed by atoms with Crippen molar-refractivity contribution >= 4 is 5.91 Å². The van der Waals surface area contributed by atoms with E-state index >= 15 is 0 Å². The number of aliphatic hydroxyl groups is 1. The number of hydrogen-bond acceptors (Lipinski definition) is 3. The Hall–Kier alpha value is -2.20. The van der Waals surface area contributed by atoms with Gasteiger partial charge in [-0.15, -0.1) is 0 Å². The van der Waals surface area contributed by atoms with Gasteiger partial charge < -0.3 is 10.4 Å². The Kier molecular flexibility index (Phi) is 4.72. The fourth-order valence-corrected chi connectivity index (χ4v) is 3.05. The highest BCUT2D eigenvalue weighted by Crippen LogP contribution is 2.21. The number of rotatable bonds is 3. The maximum Gasteiger partial charge on any atom is 0.253 e. The van der Waals surface area contributed by atoms with E-state index in [1.165, 1.54) is 0 Å². The third kappa shape index (κ3) is 3.77. The Morgan fingerprint density at radius 1 is 1.09 bits per heavy atom. The fraction of sp³-hybridized carbons (Fsp3) is 0.368. The lowest BCUT2D eigenvalue weighted by Crippen LogP contribution is -2.38. The third-order valence-corrected chi connectivity index (χ3v) is 4.43. The summed E-state index contributed by atoms with van der Waals surface area (Å²) >= 11 is 0. The highest BCUT2D eigenvalue weighted by Gasteiger charge is 2.22. The molecule has 0 unspecified atom stereocenters. The molecule has 0 bridgehead atoms. The molecular weight excluding hydrogens is 288 g/mol. The number of carbonyl (C=O) groups excluding carboxylic acids is 1. The van der Waals surface area contributed by atoms with Crippen LogP contribution in [0.5, 0.6) is 0 Å². The highest BCUT2D eigenvalue weighted by molar-refractivity contribution is 5.95. The highest BCUT2D eigenvalue weighted by atomic mass is 16.3. The molecule has 0 atom stereocenters. The zero-order chi connectivity index (χ0) is 16.2. The summed E-state index contributed by atoms with van der Waals surface area (Å²) in [5.41, 5.74) is 3.28. The van der Waals surface area contributed by atoms with E-state index in [0.717, 1.165) is 42.6 Å². The molecule has 1 saturated carbocycles. The van der Waals surface area contributed by atoms with Crippen LogP contribution in [0.4, 0.5) is 0 Å². The summed E-state index contributed by atoms with van der Waals surface area (Å²) in [4.78, 5) is 17.0. The van der Waals surface area contributed by atoms with Crippen molar-refractivity contribution in [3.05, 3.63) is 53.7 Å². The zero-order valence-corrected chi connectivity index (χ0v) is 13.3. The van der Waals surface area contributed by atoms with Crippen LogP contribution in [0.1, 0.15) is 41.7 Å². The molecule has 1 amide bonds. The molecule has 1 aromatic heterocycles. The predicted molar refractivity (Wildman–Crippen MR) is 90.1 cm³/mol. The maximum atomic E-state index is 12.4. The summed E-state index contributed by atoms with van der Waals surface area (Å²) in [6.07, 6.45) is 2.98. The number of nitrogens with one attached hydrogen (secondary N) is 1. The molecule has 4 nitrogen and oxygen atoms in total.